The quantitative estimate of drug-likeness (QED) is 0.555. The van der Waals surface area contributed by atoms with Crippen LogP contribution in [0.2, 0.25) is 0 Å². The summed E-state index contributed by atoms with van der Waals surface area (Å²) in [4.78, 5) is 10.3. The van der Waals surface area contributed by atoms with E-state index in [0.717, 1.165) is 6.29 Å². The molecule has 0 atom stereocenters. The second kappa shape index (κ2) is 2.84. The second-order valence-electron chi connectivity index (χ2n) is 1.87. The summed E-state index contributed by atoms with van der Waals surface area (Å²) in [7, 11) is 0. The van der Waals surface area contributed by atoms with Gasteiger partial charge in [-0.15, -0.1) is 0 Å². The first-order chi connectivity index (χ1) is 4.75. The van der Waals surface area contributed by atoms with E-state index in [9.17, 15) is 4.79 Å². The summed E-state index contributed by atoms with van der Waals surface area (Å²) < 4.78 is 0.671. The van der Waals surface area contributed by atoms with Gasteiger partial charge >= 0.3 is 0 Å². The lowest BCUT2D eigenvalue weighted by Gasteiger charge is -1.97. The van der Waals surface area contributed by atoms with E-state index in [1.54, 1.807) is 18.2 Å². The molecule has 1 aromatic carbocycles. The fraction of sp³-hybridized carbons (Fsp3) is 0. The van der Waals surface area contributed by atoms with E-state index in [2.05, 4.69) is 15.9 Å². The highest BCUT2D eigenvalue weighted by molar-refractivity contribution is 9.10. The number of halogens is 1. The molecule has 0 saturated heterocycles. The minimum Gasteiger partial charge on any atom is -0.398 e. The first-order valence-corrected chi connectivity index (χ1v) is 3.54. The van der Waals surface area contributed by atoms with E-state index in [1.165, 1.54) is 0 Å². The van der Waals surface area contributed by atoms with E-state index in [4.69, 9.17) is 5.73 Å². The van der Waals surface area contributed by atoms with Gasteiger partial charge in [-0.05, 0) is 22.0 Å². The van der Waals surface area contributed by atoms with Crippen molar-refractivity contribution in [2.24, 2.45) is 0 Å². The molecule has 1 aromatic rings. The molecule has 2 N–H and O–H groups in total. The van der Waals surface area contributed by atoms with E-state index in [-0.39, 0.29) is 0 Å². The zero-order chi connectivity index (χ0) is 7.56. The van der Waals surface area contributed by atoms with Gasteiger partial charge in [0.2, 0.25) is 0 Å². The Morgan fingerprint density at radius 1 is 1.50 bits per heavy atom. The van der Waals surface area contributed by atoms with E-state index in [1.807, 2.05) is 0 Å². The maximum absolute atomic E-state index is 10.3. The summed E-state index contributed by atoms with van der Waals surface area (Å²) in [6, 6.07) is 5.17. The van der Waals surface area contributed by atoms with Crippen LogP contribution in [0.5, 0.6) is 0 Å². The lowest BCUT2D eigenvalue weighted by Crippen LogP contribution is -1.89. The number of aldehydes is 1. The molecule has 10 heavy (non-hydrogen) atoms. The van der Waals surface area contributed by atoms with Crippen LogP contribution in [0, 0.1) is 0 Å². The molecule has 3 heteroatoms. The van der Waals surface area contributed by atoms with Crippen LogP contribution in [0.1, 0.15) is 10.4 Å². The maximum atomic E-state index is 10.3. The number of benzene rings is 1. The third kappa shape index (κ3) is 1.19. The third-order valence-corrected chi connectivity index (χ3v) is 2.10. The molecule has 0 aliphatic rings. The molecule has 2 nitrogen and oxygen atoms in total. The van der Waals surface area contributed by atoms with Gasteiger partial charge in [0.25, 0.3) is 0 Å². The lowest BCUT2D eigenvalue weighted by molar-refractivity contribution is 0.112. The molecular weight excluding hydrogens is 194 g/mol. The van der Waals surface area contributed by atoms with E-state index < -0.39 is 0 Å². The number of hydrogen-bond donors (Lipinski definition) is 1. The number of hydrogen-bond acceptors (Lipinski definition) is 2. The molecule has 0 fully saturated rings. The Balaban J connectivity index is 3.27. The highest BCUT2D eigenvalue weighted by atomic mass is 79.9. The van der Waals surface area contributed by atoms with Crippen LogP contribution in [-0.4, -0.2) is 6.29 Å². The molecular formula is C7H6BrNO. The zero-order valence-corrected chi connectivity index (χ0v) is 6.76. The van der Waals surface area contributed by atoms with Crippen LogP contribution in [0.3, 0.4) is 0 Å². The molecule has 0 unspecified atom stereocenters. The minimum atomic E-state index is 0.583. The van der Waals surface area contributed by atoms with Gasteiger partial charge in [-0.2, -0.15) is 0 Å². The van der Waals surface area contributed by atoms with Gasteiger partial charge in [-0.25, -0.2) is 0 Å². The van der Waals surface area contributed by atoms with Crippen LogP contribution in [0.4, 0.5) is 5.69 Å². The number of rotatable bonds is 1. The average Bonchev–Trinajstić information content (AvgIpc) is 1.95. The Hall–Kier alpha value is -0.830. The van der Waals surface area contributed by atoms with Gasteiger partial charge in [-0.1, -0.05) is 12.1 Å². The molecule has 0 aliphatic carbocycles. The maximum Gasteiger partial charge on any atom is 0.151 e. The van der Waals surface area contributed by atoms with E-state index in [0.29, 0.717) is 15.7 Å². The van der Waals surface area contributed by atoms with Crippen molar-refractivity contribution in [3.05, 3.63) is 28.2 Å². The second-order valence-corrected chi connectivity index (χ2v) is 2.66. The van der Waals surface area contributed by atoms with Gasteiger partial charge in [0.15, 0.2) is 6.29 Å². The van der Waals surface area contributed by atoms with Crippen molar-refractivity contribution >= 4 is 27.9 Å². The summed E-state index contributed by atoms with van der Waals surface area (Å²) in [5, 5.41) is 0. The fourth-order valence-corrected chi connectivity index (χ4v) is 1.02. The van der Waals surface area contributed by atoms with Crippen LogP contribution in [0.25, 0.3) is 0 Å². The predicted molar refractivity (Wildman–Crippen MR) is 43.9 cm³/mol. The van der Waals surface area contributed by atoms with Crippen molar-refractivity contribution < 1.29 is 4.79 Å². The van der Waals surface area contributed by atoms with Crippen molar-refractivity contribution in [1.82, 2.24) is 0 Å². The van der Waals surface area contributed by atoms with Crippen LogP contribution >= 0.6 is 15.9 Å². The fourth-order valence-electron chi connectivity index (χ4n) is 0.659. The molecule has 0 saturated carbocycles. The predicted octanol–water partition coefficient (Wildman–Crippen LogP) is 1.84. The SMILES string of the molecule is Nc1cccc(C=O)c1Br. The number of nitrogen functional groups attached to an aromatic ring is 1. The minimum absolute atomic E-state index is 0.583. The standard InChI is InChI=1S/C7H6BrNO/c8-7-5(4-10)2-1-3-6(7)9/h1-4H,9H2. The van der Waals surface area contributed by atoms with Gasteiger partial charge in [0.1, 0.15) is 0 Å². The number of nitrogens with two attached hydrogens (primary N) is 1. The highest BCUT2D eigenvalue weighted by Crippen LogP contribution is 2.21. The highest BCUT2D eigenvalue weighted by Gasteiger charge is 1.99. The summed E-state index contributed by atoms with van der Waals surface area (Å²) in [5.74, 6) is 0. The molecule has 0 aromatic heterocycles. The molecule has 0 bridgehead atoms. The molecule has 0 radical (unpaired) electrons. The Labute approximate surface area is 67.2 Å². The largest absolute Gasteiger partial charge is 0.398 e. The Bertz CT molecular complexity index is 260. The Morgan fingerprint density at radius 3 is 2.70 bits per heavy atom. The summed E-state index contributed by atoms with van der Waals surface area (Å²) in [6.07, 6.45) is 0.764. The average molecular weight is 200 g/mol. The smallest absolute Gasteiger partial charge is 0.151 e. The number of carbonyl (C=O) groups excluding carboxylic acids is 1. The molecule has 0 aliphatic heterocycles. The molecule has 52 valence electrons. The van der Waals surface area contributed by atoms with Crippen molar-refractivity contribution in [2.75, 3.05) is 5.73 Å². The van der Waals surface area contributed by atoms with Crippen molar-refractivity contribution in [3.8, 4) is 0 Å². The zero-order valence-electron chi connectivity index (χ0n) is 5.17. The normalized spacial score (nSPS) is 9.30. The van der Waals surface area contributed by atoms with Gasteiger partial charge in [0, 0.05) is 11.3 Å². The topological polar surface area (TPSA) is 43.1 Å². The third-order valence-electron chi connectivity index (χ3n) is 1.19. The molecule has 0 heterocycles. The monoisotopic (exact) mass is 199 g/mol. The Kier molecular flexibility index (Phi) is 2.06. The van der Waals surface area contributed by atoms with Crippen molar-refractivity contribution in [3.63, 3.8) is 0 Å². The van der Waals surface area contributed by atoms with E-state index >= 15 is 0 Å². The first kappa shape index (κ1) is 7.28. The van der Waals surface area contributed by atoms with Crippen LogP contribution < -0.4 is 5.73 Å². The van der Waals surface area contributed by atoms with Crippen molar-refractivity contribution in [2.45, 2.75) is 0 Å². The molecule has 0 amide bonds. The van der Waals surface area contributed by atoms with Crippen LogP contribution in [0.15, 0.2) is 22.7 Å². The van der Waals surface area contributed by atoms with Gasteiger partial charge in [0.05, 0.1) is 4.47 Å². The number of anilines is 1. The lowest BCUT2D eigenvalue weighted by atomic mass is 10.2. The van der Waals surface area contributed by atoms with Crippen molar-refractivity contribution in [1.29, 1.82) is 0 Å². The molecule has 1 rings (SSSR count). The Morgan fingerprint density at radius 2 is 2.20 bits per heavy atom. The summed E-state index contributed by atoms with van der Waals surface area (Å²) >= 11 is 3.18. The summed E-state index contributed by atoms with van der Waals surface area (Å²) in [6.45, 7) is 0. The van der Waals surface area contributed by atoms with Gasteiger partial charge in [-0.3, -0.25) is 4.79 Å². The molecule has 0 spiro atoms. The van der Waals surface area contributed by atoms with Gasteiger partial charge < -0.3 is 5.73 Å². The summed E-state index contributed by atoms with van der Waals surface area (Å²) in [5.41, 5.74) is 6.66. The van der Waals surface area contributed by atoms with Crippen LogP contribution in [-0.2, 0) is 0 Å². The number of carbonyl (C=O) groups is 1. The first-order valence-electron chi connectivity index (χ1n) is 2.75.